The molecule has 18 heavy (non-hydrogen) atoms. The zero-order chi connectivity index (χ0) is 13.2. The van der Waals surface area contributed by atoms with Crippen LogP contribution in [0.5, 0.6) is 0 Å². The Bertz CT molecular complexity index is 524. The second-order valence-electron chi connectivity index (χ2n) is 3.47. The van der Waals surface area contributed by atoms with Gasteiger partial charge in [0.1, 0.15) is 12.2 Å². The lowest BCUT2D eigenvalue weighted by Gasteiger charge is -2.14. The second kappa shape index (κ2) is 4.97. The molecular weight excluding hydrogens is 313 g/mol. The van der Waals surface area contributed by atoms with Gasteiger partial charge >= 0.3 is 6.18 Å². The van der Waals surface area contributed by atoms with Crippen molar-refractivity contribution in [1.82, 2.24) is 15.2 Å². The number of rotatable bonds is 3. The molecule has 0 amide bonds. The Kier molecular flexibility index (Phi) is 3.55. The summed E-state index contributed by atoms with van der Waals surface area (Å²) in [5.74, 6) is 0.461. The highest BCUT2D eigenvalue weighted by Crippen LogP contribution is 2.36. The van der Waals surface area contributed by atoms with Crippen molar-refractivity contribution < 1.29 is 13.2 Å². The van der Waals surface area contributed by atoms with Gasteiger partial charge in [-0.25, -0.2) is 4.98 Å². The van der Waals surface area contributed by atoms with E-state index in [0.29, 0.717) is 10.3 Å². The molecular formula is C10H8BrF3N4. The van der Waals surface area contributed by atoms with E-state index in [1.54, 1.807) is 0 Å². The average molecular weight is 321 g/mol. The summed E-state index contributed by atoms with van der Waals surface area (Å²) in [4.78, 5) is 3.82. The molecule has 0 radical (unpaired) electrons. The van der Waals surface area contributed by atoms with Crippen LogP contribution >= 0.6 is 15.9 Å². The Balaban J connectivity index is 2.23. The topological polar surface area (TPSA) is 53.6 Å². The van der Waals surface area contributed by atoms with Gasteiger partial charge in [-0.3, -0.25) is 5.10 Å². The van der Waals surface area contributed by atoms with Crippen molar-refractivity contribution in [3.8, 4) is 0 Å². The van der Waals surface area contributed by atoms with E-state index >= 15 is 0 Å². The van der Waals surface area contributed by atoms with E-state index in [-0.39, 0.29) is 12.2 Å². The third-order valence-electron chi connectivity index (χ3n) is 2.20. The van der Waals surface area contributed by atoms with E-state index in [9.17, 15) is 13.2 Å². The number of benzene rings is 1. The van der Waals surface area contributed by atoms with Crippen molar-refractivity contribution in [3.05, 3.63) is 40.4 Å². The van der Waals surface area contributed by atoms with Crippen molar-refractivity contribution in [3.63, 3.8) is 0 Å². The molecule has 0 bridgehead atoms. The third-order valence-corrected chi connectivity index (χ3v) is 2.69. The molecule has 0 spiro atoms. The van der Waals surface area contributed by atoms with Crippen molar-refractivity contribution in [2.75, 3.05) is 5.32 Å². The first-order valence-corrected chi connectivity index (χ1v) is 5.71. The van der Waals surface area contributed by atoms with Crippen LogP contribution in [0.4, 0.5) is 18.9 Å². The van der Waals surface area contributed by atoms with E-state index in [4.69, 9.17) is 0 Å². The summed E-state index contributed by atoms with van der Waals surface area (Å²) in [6, 6.07) is 3.74. The third kappa shape index (κ3) is 3.00. The Hall–Kier alpha value is -1.57. The largest absolute Gasteiger partial charge is 0.418 e. The predicted molar refractivity (Wildman–Crippen MR) is 62.9 cm³/mol. The molecule has 0 atom stereocenters. The molecule has 1 aromatic heterocycles. The summed E-state index contributed by atoms with van der Waals surface area (Å²) in [7, 11) is 0. The van der Waals surface area contributed by atoms with Crippen LogP contribution in [-0.2, 0) is 12.7 Å². The summed E-state index contributed by atoms with van der Waals surface area (Å²) in [6.07, 6.45) is -3.10. The monoisotopic (exact) mass is 320 g/mol. The van der Waals surface area contributed by atoms with E-state index in [1.165, 1.54) is 18.5 Å². The van der Waals surface area contributed by atoms with Gasteiger partial charge in [0.05, 0.1) is 12.1 Å². The zero-order valence-corrected chi connectivity index (χ0v) is 10.5. The molecule has 96 valence electrons. The van der Waals surface area contributed by atoms with Gasteiger partial charge in [0, 0.05) is 10.2 Å². The first-order chi connectivity index (χ1) is 8.47. The molecule has 0 saturated heterocycles. The van der Waals surface area contributed by atoms with E-state index in [0.717, 1.165) is 6.07 Å². The summed E-state index contributed by atoms with van der Waals surface area (Å²) >= 11 is 3.14. The van der Waals surface area contributed by atoms with Gasteiger partial charge < -0.3 is 5.32 Å². The fourth-order valence-corrected chi connectivity index (χ4v) is 1.77. The maximum atomic E-state index is 12.8. The molecule has 2 rings (SSSR count). The van der Waals surface area contributed by atoms with Crippen LogP contribution in [0.25, 0.3) is 0 Å². The van der Waals surface area contributed by atoms with Gasteiger partial charge in [-0.2, -0.15) is 18.3 Å². The number of aromatic nitrogens is 3. The molecule has 0 aliphatic heterocycles. The molecule has 0 aliphatic rings. The van der Waals surface area contributed by atoms with E-state index < -0.39 is 11.7 Å². The van der Waals surface area contributed by atoms with Crippen molar-refractivity contribution >= 4 is 21.6 Å². The fourth-order valence-electron chi connectivity index (χ4n) is 1.40. The Labute approximate surface area is 109 Å². The SMILES string of the molecule is FC(F)(F)c1ccc(Br)cc1NCc1ncn[nH]1. The van der Waals surface area contributed by atoms with Crippen LogP contribution < -0.4 is 5.32 Å². The number of nitrogens with one attached hydrogen (secondary N) is 2. The van der Waals surface area contributed by atoms with Crippen LogP contribution in [-0.4, -0.2) is 15.2 Å². The highest BCUT2D eigenvalue weighted by molar-refractivity contribution is 9.10. The molecule has 0 aliphatic carbocycles. The maximum absolute atomic E-state index is 12.8. The van der Waals surface area contributed by atoms with Crippen LogP contribution in [0.3, 0.4) is 0 Å². The molecule has 0 unspecified atom stereocenters. The number of nitrogens with zero attached hydrogens (tertiary/aromatic N) is 2. The first-order valence-electron chi connectivity index (χ1n) is 4.91. The zero-order valence-electron chi connectivity index (χ0n) is 8.92. The molecule has 0 fully saturated rings. The van der Waals surface area contributed by atoms with Gasteiger partial charge in [-0.15, -0.1) is 0 Å². The number of hydrogen-bond donors (Lipinski definition) is 2. The Morgan fingerprint density at radius 3 is 2.72 bits per heavy atom. The fraction of sp³-hybridized carbons (Fsp3) is 0.200. The van der Waals surface area contributed by atoms with Gasteiger partial charge in [0.25, 0.3) is 0 Å². The molecule has 4 nitrogen and oxygen atoms in total. The van der Waals surface area contributed by atoms with Crippen LogP contribution in [0.2, 0.25) is 0 Å². The highest BCUT2D eigenvalue weighted by Gasteiger charge is 2.33. The normalized spacial score (nSPS) is 11.6. The molecule has 2 aromatic rings. The lowest BCUT2D eigenvalue weighted by molar-refractivity contribution is -0.137. The number of aromatic amines is 1. The number of alkyl halides is 3. The number of halogens is 4. The van der Waals surface area contributed by atoms with Gasteiger partial charge in [-0.1, -0.05) is 15.9 Å². The minimum Gasteiger partial charge on any atom is -0.377 e. The number of anilines is 1. The van der Waals surface area contributed by atoms with Crippen molar-refractivity contribution in [1.29, 1.82) is 0 Å². The first kappa shape index (κ1) is 12.9. The number of H-pyrrole nitrogens is 1. The summed E-state index contributed by atoms with van der Waals surface area (Å²) in [5.41, 5.74) is -0.724. The summed E-state index contributed by atoms with van der Waals surface area (Å²) < 4.78 is 38.8. The summed E-state index contributed by atoms with van der Waals surface area (Å²) in [6.45, 7) is 0.138. The van der Waals surface area contributed by atoms with Gasteiger partial charge in [-0.05, 0) is 18.2 Å². The van der Waals surface area contributed by atoms with Crippen LogP contribution in [0.15, 0.2) is 29.0 Å². The van der Waals surface area contributed by atoms with Gasteiger partial charge in [0.15, 0.2) is 0 Å². The molecule has 0 saturated carbocycles. The number of hydrogen-bond acceptors (Lipinski definition) is 3. The second-order valence-corrected chi connectivity index (χ2v) is 4.39. The maximum Gasteiger partial charge on any atom is 0.418 e. The molecule has 1 heterocycles. The van der Waals surface area contributed by atoms with Gasteiger partial charge in [0.2, 0.25) is 0 Å². The Morgan fingerprint density at radius 1 is 1.33 bits per heavy atom. The lowest BCUT2D eigenvalue weighted by atomic mass is 10.1. The quantitative estimate of drug-likeness (QED) is 0.913. The van der Waals surface area contributed by atoms with E-state index in [1.807, 2.05) is 0 Å². The van der Waals surface area contributed by atoms with Crippen molar-refractivity contribution in [2.24, 2.45) is 0 Å². The lowest BCUT2D eigenvalue weighted by Crippen LogP contribution is -2.11. The van der Waals surface area contributed by atoms with Crippen LogP contribution in [0.1, 0.15) is 11.4 Å². The molecule has 8 heteroatoms. The van der Waals surface area contributed by atoms with E-state index in [2.05, 4.69) is 36.4 Å². The smallest absolute Gasteiger partial charge is 0.377 e. The molecule has 1 aromatic carbocycles. The average Bonchev–Trinajstić information content (AvgIpc) is 2.77. The predicted octanol–water partition coefficient (Wildman–Crippen LogP) is 3.20. The van der Waals surface area contributed by atoms with Crippen LogP contribution in [0, 0.1) is 0 Å². The highest BCUT2D eigenvalue weighted by atomic mass is 79.9. The standard InChI is InChI=1S/C10H8BrF3N4/c11-6-1-2-7(10(12,13)14)8(3-6)15-4-9-16-5-17-18-9/h1-3,5,15H,4H2,(H,16,17,18). The Morgan fingerprint density at radius 2 is 2.11 bits per heavy atom. The summed E-state index contributed by atoms with van der Waals surface area (Å²) in [5, 5.41) is 8.86. The molecule has 2 N–H and O–H groups in total. The minimum absolute atomic E-state index is 0.00623. The minimum atomic E-state index is -4.40. The van der Waals surface area contributed by atoms with Crippen molar-refractivity contribution in [2.45, 2.75) is 12.7 Å².